The highest BCUT2D eigenvalue weighted by molar-refractivity contribution is 7.20. The average molecular weight is 445 g/mol. The molecule has 0 saturated heterocycles. The van der Waals surface area contributed by atoms with Gasteiger partial charge in [-0.1, -0.05) is 6.92 Å². The van der Waals surface area contributed by atoms with Gasteiger partial charge in [0.15, 0.2) is 0 Å². The summed E-state index contributed by atoms with van der Waals surface area (Å²) in [5, 5.41) is 3.22. The monoisotopic (exact) mass is 444 g/mol. The Balaban J connectivity index is 1.73. The number of thiophene rings is 1. The molecular weight excluding hydrogens is 420 g/mol. The van der Waals surface area contributed by atoms with Crippen LogP contribution in [0.1, 0.15) is 28.0 Å². The van der Waals surface area contributed by atoms with Crippen LogP contribution in [0.15, 0.2) is 29.1 Å². The first-order chi connectivity index (χ1) is 14.9. The lowest BCUT2D eigenvalue weighted by Gasteiger charge is -2.19. The Kier molecular flexibility index (Phi) is 7.03. The molecule has 3 rings (SSSR count). The second-order valence-corrected chi connectivity index (χ2v) is 7.82. The highest BCUT2D eigenvalue weighted by Gasteiger charge is 2.20. The van der Waals surface area contributed by atoms with Crippen molar-refractivity contribution < 1.29 is 19.1 Å². The van der Waals surface area contributed by atoms with Crippen LogP contribution < -0.4 is 15.6 Å². The number of nitrogens with one attached hydrogen (secondary N) is 2. The molecule has 0 bridgehead atoms. The van der Waals surface area contributed by atoms with Gasteiger partial charge in [-0.05, 0) is 43.3 Å². The normalized spacial score (nSPS) is 11.0. The second-order valence-electron chi connectivity index (χ2n) is 6.82. The Hall–Kier alpha value is -3.24. The van der Waals surface area contributed by atoms with E-state index in [-0.39, 0.29) is 24.6 Å². The third-order valence-electron chi connectivity index (χ3n) is 4.78. The number of carbonyl (C=O) groups is 2. The summed E-state index contributed by atoms with van der Waals surface area (Å²) in [6.07, 6.45) is 0. The largest absolute Gasteiger partial charge is 0.497 e. The van der Waals surface area contributed by atoms with E-state index in [4.69, 9.17) is 9.47 Å². The molecule has 0 saturated carbocycles. The zero-order chi connectivity index (χ0) is 22.5. The van der Waals surface area contributed by atoms with E-state index in [1.807, 2.05) is 11.8 Å². The van der Waals surface area contributed by atoms with E-state index in [1.54, 1.807) is 38.3 Å². The highest BCUT2D eigenvalue weighted by atomic mass is 32.1. The van der Waals surface area contributed by atoms with Crippen molar-refractivity contribution in [3.63, 3.8) is 0 Å². The first-order valence-electron chi connectivity index (χ1n) is 9.63. The van der Waals surface area contributed by atoms with Crippen LogP contribution in [0.25, 0.3) is 10.2 Å². The van der Waals surface area contributed by atoms with Crippen LogP contribution >= 0.6 is 11.3 Å². The molecule has 0 fully saturated rings. The van der Waals surface area contributed by atoms with Crippen molar-refractivity contribution in [2.24, 2.45) is 0 Å². The number of carbonyl (C=O) groups excluding carboxylic acids is 2. The Labute approximate surface area is 183 Å². The predicted octanol–water partition coefficient (Wildman–Crippen LogP) is 2.55. The van der Waals surface area contributed by atoms with Crippen LogP contribution in [0.5, 0.6) is 5.75 Å². The van der Waals surface area contributed by atoms with Gasteiger partial charge in [-0.25, -0.2) is 9.78 Å². The summed E-state index contributed by atoms with van der Waals surface area (Å²) in [7, 11) is 2.88. The van der Waals surface area contributed by atoms with Crippen LogP contribution in [0.2, 0.25) is 0 Å². The van der Waals surface area contributed by atoms with Crippen molar-refractivity contribution in [2.45, 2.75) is 20.4 Å². The maximum Gasteiger partial charge on any atom is 0.348 e. The summed E-state index contributed by atoms with van der Waals surface area (Å²) in [4.78, 5) is 46.9. The van der Waals surface area contributed by atoms with Gasteiger partial charge in [0.2, 0.25) is 5.91 Å². The Morgan fingerprint density at radius 1 is 1.23 bits per heavy atom. The van der Waals surface area contributed by atoms with E-state index in [9.17, 15) is 14.4 Å². The summed E-state index contributed by atoms with van der Waals surface area (Å²) < 4.78 is 9.89. The number of aromatic amines is 1. The zero-order valence-electron chi connectivity index (χ0n) is 17.8. The zero-order valence-corrected chi connectivity index (χ0v) is 18.6. The minimum atomic E-state index is -0.494. The SMILES string of the molecule is CCN(CC(=O)Nc1ccc(OC)cc1)Cc1nc2sc(C(=O)OC)c(C)c2c(=O)[nH]1. The van der Waals surface area contributed by atoms with Gasteiger partial charge in [0.1, 0.15) is 21.3 Å². The van der Waals surface area contributed by atoms with E-state index >= 15 is 0 Å². The van der Waals surface area contributed by atoms with Gasteiger partial charge in [0.05, 0.1) is 32.7 Å². The molecule has 2 aromatic heterocycles. The summed E-state index contributed by atoms with van der Waals surface area (Å²) in [6, 6.07) is 7.06. The first kappa shape index (κ1) is 22.4. The number of ether oxygens (including phenoxy) is 2. The summed E-state index contributed by atoms with van der Waals surface area (Å²) in [5.74, 6) is 0.453. The van der Waals surface area contributed by atoms with Crippen LogP contribution in [-0.2, 0) is 16.1 Å². The fraction of sp³-hybridized carbons (Fsp3) is 0.333. The molecule has 2 N–H and O–H groups in total. The number of fused-ring (bicyclic) bond motifs is 1. The molecule has 10 heteroatoms. The lowest BCUT2D eigenvalue weighted by Crippen LogP contribution is -2.33. The third kappa shape index (κ3) is 5.09. The number of anilines is 1. The van der Waals surface area contributed by atoms with Gasteiger partial charge in [-0.2, -0.15) is 0 Å². The molecule has 0 radical (unpaired) electrons. The molecule has 2 heterocycles. The molecule has 1 aromatic carbocycles. The minimum absolute atomic E-state index is 0.126. The fourth-order valence-electron chi connectivity index (χ4n) is 3.12. The van der Waals surface area contributed by atoms with Gasteiger partial charge in [-0.3, -0.25) is 14.5 Å². The average Bonchev–Trinajstić information content (AvgIpc) is 3.09. The molecule has 0 aliphatic heterocycles. The second kappa shape index (κ2) is 9.71. The minimum Gasteiger partial charge on any atom is -0.497 e. The van der Waals surface area contributed by atoms with Crippen LogP contribution in [0, 0.1) is 6.92 Å². The lowest BCUT2D eigenvalue weighted by atomic mass is 10.2. The summed E-state index contributed by atoms with van der Waals surface area (Å²) in [6.45, 7) is 4.60. The number of benzene rings is 1. The van der Waals surface area contributed by atoms with Crippen molar-refractivity contribution in [3.8, 4) is 5.75 Å². The van der Waals surface area contributed by atoms with Crippen molar-refractivity contribution in [3.05, 3.63) is 50.9 Å². The molecule has 0 spiro atoms. The molecule has 31 heavy (non-hydrogen) atoms. The van der Waals surface area contributed by atoms with Gasteiger partial charge in [0, 0.05) is 5.69 Å². The third-order valence-corrected chi connectivity index (χ3v) is 5.95. The van der Waals surface area contributed by atoms with E-state index in [1.165, 1.54) is 7.11 Å². The molecule has 0 aliphatic rings. The highest BCUT2D eigenvalue weighted by Crippen LogP contribution is 2.27. The smallest absolute Gasteiger partial charge is 0.348 e. The van der Waals surface area contributed by atoms with Gasteiger partial charge in [-0.15, -0.1) is 11.3 Å². The number of H-pyrrole nitrogens is 1. The Morgan fingerprint density at radius 2 is 1.94 bits per heavy atom. The quantitative estimate of drug-likeness (QED) is 0.513. The number of rotatable bonds is 8. The standard InChI is InChI=1S/C21H24N4O5S/c1-5-25(11-16(26)22-13-6-8-14(29-3)9-7-13)10-15-23-19(27)17-12(2)18(21(28)30-4)31-20(17)24-15/h6-9H,5,10-11H2,1-4H3,(H,22,26)(H,23,24,27). The molecule has 1 amide bonds. The molecule has 0 atom stereocenters. The van der Waals surface area contributed by atoms with E-state index in [2.05, 4.69) is 15.3 Å². The van der Waals surface area contributed by atoms with Gasteiger partial charge >= 0.3 is 5.97 Å². The number of hydrogen-bond acceptors (Lipinski definition) is 8. The number of likely N-dealkylation sites (N-methyl/N-ethyl adjacent to an activating group) is 1. The van der Waals surface area contributed by atoms with E-state index < -0.39 is 5.97 Å². The van der Waals surface area contributed by atoms with Crippen molar-refractivity contribution in [1.82, 2.24) is 14.9 Å². The van der Waals surface area contributed by atoms with Crippen LogP contribution in [0.3, 0.4) is 0 Å². The molecule has 0 aliphatic carbocycles. The van der Waals surface area contributed by atoms with E-state index in [0.29, 0.717) is 44.5 Å². The maximum absolute atomic E-state index is 12.6. The molecular formula is C21H24N4O5S. The van der Waals surface area contributed by atoms with Gasteiger partial charge in [0.25, 0.3) is 5.56 Å². The van der Waals surface area contributed by atoms with Crippen molar-refractivity contribution >= 4 is 39.1 Å². The first-order valence-corrected chi connectivity index (χ1v) is 10.4. The fourth-order valence-corrected chi connectivity index (χ4v) is 4.24. The number of aromatic nitrogens is 2. The Morgan fingerprint density at radius 3 is 2.55 bits per heavy atom. The van der Waals surface area contributed by atoms with Crippen molar-refractivity contribution in [2.75, 3.05) is 32.6 Å². The molecule has 9 nitrogen and oxygen atoms in total. The van der Waals surface area contributed by atoms with Crippen LogP contribution in [0.4, 0.5) is 5.69 Å². The van der Waals surface area contributed by atoms with Crippen molar-refractivity contribution in [1.29, 1.82) is 0 Å². The molecule has 0 unspecified atom stereocenters. The number of aryl methyl sites for hydroxylation is 1. The number of nitrogens with zero attached hydrogens (tertiary/aromatic N) is 2. The molecule has 164 valence electrons. The van der Waals surface area contributed by atoms with E-state index in [0.717, 1.165) is 11.3 Å². The number of esters is 1. The topological polar surface area (TPSA) is 114 Å². The predicted molar refractivity (Wildman–Crippen MR) is 119 cm³/mol. The number of methoxy groups -OCH3 is 2. The summed E-state index contributed by atoms with van der Waals surface area (Å²) in [5.41, 5.74) is 0.903. The number of amides is 1. The van der Waals surface area contributed by atoms with Gasteiger partial charge < -0.3 is 19.8 Å². The Bertz CT molecular complexity index is 1150. The maximum atomic E-state index is 12.6. The van der Waals surface area contributed by atoms with Crippen LogP contribution in [-0.4, -0.2) is 54.1 Å². The molecule has 3 aromatic rings. The number of hydrogen-bond donors (Lipinski definition) is 2. The summed E-state index contributed by atoms with van der Waals surface area (Å²) >= 11 is 1.12. The lowest BCUT2D eigenvalue weighted by molar-refractivity contribution is -0.117.